The summed E-state index contributed by atoms with van der Waals surface area (Å²) in [6, 6.07) is 22.4. The first-order valence-electron chi connectivity index (χ1n) is 9.59. The van der Waals surface area contributed by atoms with E-state index in [1.165, 1.54) is 0 Å². The molecule has 6 aromatic rings. The van der Waals surface area contributed by atoms with E-state index in [0.717, 1.165) is 38.7 Å². The summed E-state index contributed by atoms with van der Waals surface area (Å²) in [6.07, 6.45) is 3.35. The quantitative estimate of drug-likeness (QED) is 0.481. The lowest BCUT2D eigenvalue weighted by Gasteiger charge is -2.10. The Hall–Kier alpha value is -4.26. The van der Waals surface area contributed by atoms with Crippen molar-refractivity contribution >= 4 is 27.5 Å². The van der Waals surface area contributed by atoms with Gasteiger partial charge in [0.25, 0.3) is 0 Å². The second-order valence-corrected chi connectivity index (χ2v) is 7.05. The zero-order valence-corrected chi connectivity index (χ0v) is 15.9. The zero-order valence-electron chi connectivity index (χ0n) is 15.9. The van der Waals surface area contributed by atoms with Crippen LogP contribution < -0.4 is 4.74 Å². The normalized spacial score (nSPS) is 11.5. The number of nitrogens with zero attached hydrogens (tertiary/aromatic N) is 5. The predicted molar refractivity (Wildman–Crippen MR) is 114 cm³/mol. The molecule has 0 atom stereocenters. The fourth-order valence-corrected chi connectivity index (χ4v) is 3.65. The summed E-state index contributed by atoms with van der Waals surface area (Å²) in [5, 5.41) is 14.6. The largest absolute Gasteiger partial charge is 0.488 e. The van der Waals surface area contributed by atoms with Crippen molar-refractivity contribution in [1.82, 2.24) is 29.8 Å². The number of hydrogen-bond donors (Lipinski definition) is 1. The van der Waals surface area contributed by atoms with E-state index in [0.29, 0.717) is 18.1 Å². The Labute approximate surface area is 171 Å². The molecule has 0 fully saturated rings. The van der Waals surface area contributed by atoms with Crippen LogP contribution in [0.4, 0.5) is 0 Å². The minimum atomic E-state index is 0.461. The Kier molecular flexibility index (Phi) is 3.70. The molecule has 144 valence electrons. The zero-order chi connectivity index (χ0) is 19.9. The van der Waals surface area contributed by atoms with Gasteiger partial charge in [0.2, 0.25) is 0 Å². The van der Waals surface area contributed by atoms with Gasteiger partial charge in [-0.05, 0) is 23.1 Å². The molecule has 6 rings (SSSR count). The maximum atomic E-state index is 6.13. The second kappa shape index (κ2) is 6.66. The Balaban J connectivity index is 1.32. The highest BCUT2D eigenvalue weighted by atomic mass is 16.5. The molecule has 0 unspecified atom stereocenters. The summed E-state index contributed by atoms with van der Waals surface area (Å²) in [6.45, 7) is 0.461. The van der Waals surface area contributed by atoms with Crippen molar-refractivity contribution in [3.8, 4) is 17.1 Å². The van der Waals surface area contributed by atoms with Crippen molar-refractivity contribution in [2.24, 2.45) is 0 Å². The third-order valence-corrected chi connectivity index (χ3v) is 5.12. The van der Waals surface area contributed by atoms with Crippen LogP contribution in [0.3, 0.4) is 0 Å². The third-order valence-electron chi connectivity index (χ3n) is 5.12. The van der Waals surface area contributed by atoms with Gasteiger partial charge in [-0.1, -0.05) is 54.6 Å². The molecule has 3 aromatic carbocycles. The van der Waals surface area contributed by atoms with Crippen LogP contribution in [0.15, 0.2) is 79.3 Å². The molecule has 0 aliphatic rings. The maximum Gasteiger partial charge on any atom is 0.182 e. The summed E-state index contributed by atoms with van der Waals surface area (Å²) >= 11 is 0. The Morgan fingerprint density at radius 2 is 1.83 bits per heavy atom. The monoisotopic (exact) mass is 392 g/mol. The number of hydrogen-bond acceptors (Lipinski definition) is 5. The number of H-pyrrole nitrogens is 1. The van der Waals surface area contributed by atoms with Crippen molar-refractivity contribution in [2.45, 2.75) is 6.61 Å². The molecule has 0 spiro atoms. The first-order valence-corrected chi connectivity index (χ1v) is 9.59. The van der Waals surface area contributed by atoms with Crippen molar-refractivity contribution in [1.29, 1.82) is 0 Å². The molecule has 3 heterocycles. The van der Waals surface area contributed by atoms with Crippen LogP contribution in [0, 0.1) is 0 Å². The lowest BCUT2D eigenvalue weighted by molar-refractivity contribution is 0.310. The van der Waals surface area contributed by atoms with Crippen molar-refractivity contribution in [2.75, 3.05) is 0 Å². The molecular formula is C23H16N6O. The summed E-state index contributed by atoms with van der Waals surface area (Å²) in [4.78, 5) is 9.00. The number of benzene rings is 3. The average Bonchev–Trinajstić information content (AvgIpc) is 3.44. The Bertz CT molecular complexity index is 1510. The van der Waals surface area contributed by atoms with Gasteiger partial charge in [-0.25, -0.2) is 14.5 Å². The summed E-state index contributed by atoms with van der Waals surface area (Å²) < 4.78 is 7.81. The number of aromatic amines is 1. The van der Waals surface area contributed by atoms with Crippen LogP contribution in [0.5, 0.6) is 5.75 Å². The topological polar surface area (TPSA) is 81.0 Å². The highest BCUT2D eigenvalue weighted by Crippen LogP contribution is 2.27. The highest BCUT2D eigenvalue weighted by Gasteiger charge is 2.12. The molecule has 0 radical (unpaired) electrons. The minimum Gasteiger partial charge on any atom is -0.488 e. The van der Waals surface area contributed by atoms with Crippen LogP contribution in [0.1, 0.15) is 5.56 Å². The molecule has 0 bridgehead atoms. The number of ether oxygens (including phenoxy) is 1. The standard InChI is InChI=1S/C23H16N6O/c1-2-9-18-16(6-1)7-4-10-20(18)30-13-15-5-3-8-17(11-15)21-26-23-19-12-25-27-22(19)24-14-29(23)28-21/h1-12,14H,13H2,(H,25,27). The lowest BCUT2D eigenvalue weighted by Crippen LogP contribution is -1.96. The van der Waals surface area contributed by atoms with Gasteiger partial charge in [-0.15, -0.1) is 5.10 Å². The highest BCUT2D eigenvalue weighted by molar-refractivity contribution is 5.89. The lowest BCUT2D eigenvalue weighted by atomic mass is 10.1. The SMILES string of the molecule is c1cc(COc2cccc3ccccc23)cc(-c2nc3c4cn[nH]c4ncn3n2)c1. The van der Waals surface area contributed by atoms with Crippen molar-refractivity contribution < 1.29 is 4.74 Å². The molecular weight excluding hydrogens is 376 g/mol. The minimum absolute atomic E-state index is 0.461. The molecule has 30 heavy (non-hydrogen) atoms. The van der Waals surface area contributed by atoms with Gasteiger partial charge in [-0.2, -0.15) is 5.10 Å². The van der Waals surface area contributed by atoms with Crippen LogP contribution in [0.25, 0.3) is 38.8 Å². The van der Waals surface area contributed by atoms with E-state index in [9.17, 15) is 0 Å². The second-order valence-electron chi connectivity index (χ2n) is 7.05. The first kappa shape index (κ1) is 16.7. The molecule has 1 N–H and O–H groups in total. The molecule has 0 amide bonds. The van der Waals surface area contributed by atoms with Gasteiger partial charge in [-0.3, -0.25) is 5.10 Å². The third kappa shape index (κ3) is 2.76. The van der Waals surface area contributed by atoms with Gasteiger partial charge in [0.05, 0.1) is 11.6 Å². The smallest absolute Gasteiger partial charge is 0.182 e. The average molecular weight is 392 g/mol. The van der Waals surface area contributed by atoms with Gasteiger partial charge in [0.1, 0.15) is 18.7 Å². The number of aromatic nitrogens is 6. The van der Waals surface area contributed by atoms with Gasteiger partial charge >= 0.3 is 0 Å². The van der Waals surface area contributed by atoms with Gasteiger partial charge < -0.3 is 4.74 Å². The Morgan fingerprint density at radius 1 is 0.933 bits per heavy atom. The number of fused-ring (bicyclic) bond motifs is 4. The van der Waals surface area contributed by atoms with E-state index in [-0.39, 0.29) is 0 Å². The van der Waals surface area contributed by atoms with Gasteiger partial charge in [0, 0.05) is 10.9 Å². The van der Waals surface area contributed by atoms with E-state index >= 15 is 0 Å². The fourth-order valence-electron chi connectivity index (χ4n) is 3.65. The fraction of sp³-hybridized carbons (Fsp3) is 0.0435. The van der Waals surface area contributed by atoms with Crippen LogP contribution >= 0.6 is 0 Å². The van der Waals surface area contributed by atoms with Crippen LogP contribution in [-0.2, 0) is 6.61 Å². The van der Waals surface area contributed by atoms with Crippen LogP contribution in [-0.4, -0.2) is 29.8 Å². The van der Waals surface area contributed by atoms with E-state index in [4.69, 9.17) is 9.72 Å². The molecule has 3 aromatic heterocycles. The molecule has 7 heteroatoms. The molecule has 0 saturated heterocycles. The Morgan fingerprint density at radius 3 is 2.83 bits per heavy atom. The van der Waals surface area contributed by atoms with Crippen molar-refractivity contribution in [3.63, 3.8) is 0 Å². The number of nitrogens with one attached hydrogen (secondary N) is 1. The molecule has 7 nitrogen and oxygen atoms in total. The van der Waals surface area contributed by atoms with E-state index in [2.05, 4.69) is 44.5 Å². The summed E-state index contributed by atoms with van der Waals surface area (Å²) in [5.41, 5.74) is 3.39. The van der Waals surface area contributed by atoms with Crippen LogP contribution in [0.2, 0.25) is 0 Å². The molecule has 0 aliphatic heterocycles. The predicted octanol–water partition coefficient (Wildman–Crippen LogP) is 4.40. The first-order chi connectivity index (χ1) is 14.8. The summed E-state index contributed by atoms with van der Waals surface area (Å²) in [5.74, 6) is 1.51. The number of rotatable bonds is 4. The van der Waals surface area contributed by atoms with Crippen molar-refractivity contribution in [3.05, 3.63) is 84.8 Å². The van der Waals surface area contributed by atoms with E-state index in [1.54, 1.807) is 17.0 Å². The van der Waals surface area contributed by atoms with E-state index in [1.807, 2.05) is 42.5 Å². The summed E-state index contributed by atoms with van der Waals surface area (Å²) in [7, 11) is 0. The molecule has 0 aliphatic carbocycles. The van der Waals surface area contributed by atoms with E-state index < -0.39 is 0 Å². The van der Waals surface area contributed by atoms with Gasteiger partial charge in [0.15, 0.2) is 17.1 Å². The molecule has 0 saturated carbocycles. The maximum absolute atomic E-state index is 6.13.